The van der Waals surface area contributed by atoms with Gasteiger partial charge in [-0.25, -0.2) is 0 Å². The average molecular weight is 386 g/mol. The van der Waals surface area contributed by atoms with E-state index >= 15 is 0 Å². The molecular weight excluding hydrogens is 364 g/mol. The van der Waals surface area contributed by atoms with Crippen molar-refractivity contribution in [1.29, 1.82) is 0 Å². The summed E-state index contributed by atoms with van der Waals surface area (Å²) in [6.07, 6.45) is 1.17. The molecule has 29 heavy (non-hydrogen) atoms. The van der Waals surface area contributed by atoms with E-state index in [1.54, 1.807) is 12.1 Å². The van der Waals surface area contributed by atoms with Gasteiger partial charge in [0.2, 0.25) is 5.88 Å². The Morgan fingerprint density at radius 2 is 1.69 bits per heavy atom. The van der Waals surface area contributed by atoms with E-state index in [1.807, 2.05) is 19.1 Å². The summed E-state index contributed by atoms with van der Waals surface area (Å²) in [6.45, 7) is 3.98. The van der Waals surface area contributed by atoms with Crippen LogP contribution in [0.4, 0.5) is 5.88 Å². The number of phenolic OH excluding ortho intramolecular Hbond substituents is 1. The highest BCUT2D eigenvalue weighted by Gasteiger charge is 2.41. The van der Waals surface area contributed by atoms with Gasteiger partial charge in [0.25, 0.3) is 0 Å². The SMILES string of the molecule is Cc1ccc(C2C3=C(CC(c4ccc(O)cc4)CC3=O)Nc3onc(C)c32)cc1. The topological polar surface area (TPSA) is 75.4 Å². The summed E-state index contributed by atoms with van der Waals surface area (Å²) >= 11 is 0. The van der Waals surface area contributed by atoms with Crippen molar-refractivity contribution in [1.82, 2.24) is 5.16 Å². The molecular formula is C24H22N2O3. The molecule has 0 bridgehead atoms. The quantitative estimate of drug-likeness (QED) is 0.651. The molecule has 2 aromatic carbocycles. The number of carbonyl (C=O) groups excluding carboxylic acids is 1. The Kier molecular flexibility index (Phi) is 4.05. The lowest BCUT2D eigenvalue weighted by atomic mass is 9.72. The van der Waals surface area contributed by atoms with E-state index in [-0.39, 0.29) is 23.4 Å². The lowest BCUT2D eigenvalue weighted by Gasteiger charge is -2.34. The molecule has 0 saturated heterocycles. The van der Waals surface area contributed by atoms with Crippen LogP contribution in [0.1, 0.15) is 52.6 Å². The zero-order valence-corrected chi connectivity index (χ0v) is 16.4. The molecule has 2 atom stereocenters. The number of benzene rings is 2. The summed E-state index contributed by atoms with van der Waals surface area (Å²) < 4.78 is 5.56. The van der Waals surface area contributed by atoms with Crippen LogP contribution in [0.15, 0.2) is 64.3 Å². The minimum Gasteiger partial charge on any atom is -0.508 e. The highest BCUT2D eigenvalue weighted by atomic mass is 16.5. The number of aromatic hydroxyl groups is 1. The summed E-state index contributed by atoms with van der Waals surface area (Å²) in [5, 5.41) is 17.1. The van der Waals surface area contributed by atoms with Crippen LogP contribution < -0.4 is 5.32 Å². The highest BCUT2D eigenvalue weighted by Crippen LogP contribution is 2.49. The van der Waals surface area contributed by atoms with Crippen LogP contribution in [0.5, 0.6) is 5.75 Å². The van der Waals surface area contributed by atoms with Gasteiger partial charge in [0.15, 0.2) is 5.78 Å². The molecule has 2 unspecified atom stereocenters. The van der Waals surface area contributed by atoms with Crippen molar-refractivity contribution in [3.05, 3.63) is 87.7 Å². The summed E-state index contributed by atoms with van der Waals surface area (Å²) in [5.41, 5.74) is 6.80. The van der Waals surface area contributed by atoms with E-state index in [4.69, 9.17) is 4.52 Å². The number of hydrogen-bond donors (Lipinski definition) is 2. The number of allylic oxidation sites excluding steroid dienone is 2. The molecule has 2 N–H and O–H groups in total. The third-order valence-electron chi connectivity index (χ3n) is 6.03. The van der Waals surface area contributed by atoms with Crippen LogP contribution in [-0.4, -0.2) is 16.0 Å². The third kappa shape index (κ3) is 2.94. The molecule has 2 heterocycles. The van der Waals surface area contributed by atoms with Crippen LogP contribution in [0.3, 0.4) is 0 Å². The monoisotopic (exact) mass is 386 g/mol. The van der Waals surface area contributed by atoms with Gasteiger partial charge in [-0.2, -0.15) is 0 Å². The molecule has 0 saturated carbocycles. The first-order valence-corrected chi connectivity index (χ1v) is 9.86. The molecule has 5 nitrogen and oxygen atoms in total. The van der Waals surface area contributed by atoms with Gasteiger partial charge < -0.3 is 14.9 Å². The number of aryl methyl sites for hydroxylation is 2. The van der Waals surface area contributed by atoms with E-state index in [0.717, 1.165) is 33.7 Å². The predicted molar refractivity (Wildman–Crippen MR) is 110 cm³/mol. The van der Waals surface area contributed by atoms with E-state index in [2.05, 4.69) is 41.7 Å². The molecule has 5 heteroatoms. The van der Waals surface area contributed by atoms with Crippen molar-refractivity contribution >= 4 is 11.7 Å². The van der Waals surface area contributed by atoms with Crippen molar-refractivity contribution in [2.75, 3.05) is 5.32 Å². The Balaban J connectivity index is 1.61. The highest BCUT2D eigenvalue weighted by molar-refractivity contribution is 6.01. The van der Waals surface area contributed by atoms with E-state index in [1.165, 1.54) is 5.56 Å². The fourth-order valence-electron chi connectivity index (χ4n) is 4.55. The van der Waals surface area contributed by atoms with E-state index < -0.39 is 0 Å². The van der Waals surface area contributed by atoms with Gasteiger partial charge in [0, 0.05) is 23.6 Å². The maximum atomic E-state index is 13.4. The number of Topliss-reactive ketones (excluding diaryl/α,β-unsaturated/α-hetero) is 1. The molecule has 1 aliphatic carbocycles. The third-order valence-corrected chi connectivity index (χ3v) is 6.03. The predicted octanol–water partition coefficient (Wildman–Crippen LogP) is 4.96. The average Bonchev–Trinajstić information content (AvgIpc) is 3.08. The largest absolute Gasteiger partial charge is 0.508 e. The van der Waals surface area contributed by atoms with Crippen LogP contribution in [0.2, 0.25) is 0 Å². The summed E-state index contributed by atoms with van der Waals surface area (Å²) in [4.78, 5) is 13.4. The molecule has 1 aliphatic heterocycles. The number of anilines is 1. The molecule has 2 aliphatic rings. The molecule has 0 fully saturated rings. The Labute approximate surface area is 169 Å². The van der Waals surface area contributed by atoms with Crippen molar-refractivity contribution in [3.63, 3.8) is 0 Å². The second kappa shape index (κ2) is 6.62. The van der Waals surface area contributed by atoms with Crippen molar-refractivity contribution in [3.8, 4) is 5.75 Å². The molecule has 5 rings (SSSR count). The molecule has 0 spiro atoms. The lowest BCUT2D eigenvalue weighted by molar-refractivity contribution is -0.116. The maximum Gasteiger partial charge on any atom is 0.233 e. The molecule has 0 amide bonds. The summed E-state index contributed by atoms with van der Waals surface area (Å²) in [6, 6.07) is 15.5. The van der Waals surface area contributed by atoms with Crippen molar-refractivity contribution < 1.29 is 14.4 Å². The minimum absolute atomic E-state index is 0.0681. The van der Waals surface area contributed by atoms with Gasteiger partial charge in [-0.05, 0) is 49.4 Å². The first-order chi connectivity index (χ1) is 14.0. The number of hydrogen-bond acceptors (Lipinski definition) is 5. The van der Waals surface area contributed by atoms with E-state index in [9.17, 15) is 9.90 Å². The van der Waals surface area contributed by atoms with Crippen LogP contribution in [0.25, 0.3) is 0 Å². The van der Waals surface area contributed by atoms with Crippen LogP contribution >= 0.6 is 0 Å². The number of fused-ring (bicyclic) bond motifs is 1. The van der Waals surface area contributed by atoms with Gasteiger partial charge in [0.1, 0.15) is 5.75 Å². The Bertz CT molecular complexity index is 1120. The molecule has 146 valence electrons. The number of rotatable bonds is 2. The first kappa shape index (κ1) is 17.7. The number of phenols is 1. The zero-order valence-electron chi connectivity index (χ0n) is 16.4. The normalized spacial score (nSPS) is 20.8. The maximum absolute atomic E-state index is 13.4. The van der Waals surface area contributed by atoms with Crippen LogP contribution in [-0.2, 0) is 4.79 Å². The zero-order chi connectivity index (χ0) is 20.1. The van der Waals surface area contributed by atoms with Gasteiger partial charge in [-0.1, -0.05) is 47.1 Å². The molecule has 1 aromatic heterocycles. The number of nitrogens with one attached hydrogen (secondary N) is 1. The van der Waals surface area contributed by atoms with Gasteiger partial charge in [-0.3, -0.25) is 4.79 Å². The van der Waals surface area contributed by atoms with Gasteiger partial charge in [-0.15, -0.1) is 0 Å². The van der Waals surface area contributed by atoms with Gasteiger partial charge in [0.05, 0.1) is 11.3 Å². The number of carbonyl (C=O) groups is 1. The van der Waals surface area contributed by atoms with Crippen molar-refractivity contribution in [2.24, 2.45) is 0 Å². The smallest absolute Gasteiger partial charge is 0.233 e. The van der Waals surface area contributed by atoms with Gasteiger partial charge >= 0.3 is 0 Å². The Morgan fingerprint density at radius 3 is 2.41 bits per heavy atom. The van der Waals surface area contributed by atoms with Crippen molar-refractivity contribution in [2.45, 2.75) is 38.5 Å². The Hall–Kier alpha value is -3.34. The van der Waals surface area contributed by atoms with E-state index in [0.29, 0.717) is 18.7 Å². The fraction of sp³-hybridized carbons (Fsp3) is 0.250. The Morgan fingerprint density at radius 1 is 1.00 bits per heavy atom. The lowest BCUT2D eigenvalue weighted by Crippen LogP contribution is -2.29. The number of nitrogens with zero attached hydrogens (tertiary/aromatic N) is 1. The molecule has 3 aromatic rings. The first-order valence-electron chi connectivity index (χ1n) is 9.86. The number of ketones is 1. The second-order valence-corrected chi connectivity index (χ2v) is 7.99. The fourth-order valence-corrected chi connectivity index (χ4v) is 4.55. The minimum atomic E-state index is -0.165. The standard InChI is InChI=1S/C24H22N2O3/c1-13-3-5-16(6-4-13)22-21-14(2)26-29-24(21)25-19-11-17(12-20(28)23(19)22)15-7-9-18(27)10-8-15/h3-10,17,22,25,27H,11-12H2,1-2H3. The summed E-state index contributed by atoms with van der Waals surface area (Å²) in [5.74, 6) is 0.910. The number of aromatic nitrogens is 1. The molecule has 0 radical (unpaired) electrons. The second-order valence-electron chi connectivity index (χ2n) is 7.99. The van der Waals surface area contributed by atoms with Crippen LogP contribution in [0, 0.1) is 13.8 Å². The summed E-state index contributed by atoms with van der Waals surface area (Å²) in [7, 11) is 0.